The van der Waals surface area contributed by atoms with Crippen LogP contribution in [0.4, 0.5) is 0 Å². The van der Waals surface area contributed by atoms with Crippen LogP contribution in [-0.4, -0.2) is 68.8 Å². The molecule has 1 N–H and O–H groups in total. The van der Waals surface area contributed by atoms with Crippen LogP contribution in [0.3, 0.4) is 0 Å². The molecule has 156 valence electrons. The number of hydrogen-bond donors (Lipinski definition) is 1. The number of rotatable bonds is 4. The third-order valence-electron chi connectivity index (χ3n) is 5.98. The highest BCUT2D eigenvalue weighted by Crippen LogP contribution is 2.21. The highest BCUT2D eigenvalue weighted by atomic mass is 35.5. The van der Waals surface area contributed by atoms with Crippen molar-refractivity contribution in [3.63, 3.8) is 0 Å². The van der Waals surface area contributed by atoms with Crippen LogP contribution in [-0.2, 0) is 14.8 Å². The minimum absolute atomic E-state index is 0.141. The fourth-order valence-corrected chi connectivity index (χ4v) is 6.06. The third kappa shape index (κ3) is 4.70. The molecular weight excluding hydrogens is 398 g/mol. The van der Waals surface area contributed by atoms with Gasteiger partial charge in [-0.25, -0.2) is 8.42 Å². The molecule has 0 unspecified atom stereocenters. The van der Waals surface area contributed by atoms with Crippen molar-refractivity contribution in [2.24, 2.45) is 11.8 Å². The third-order valence-corrected chi connectivity index (χ3v) is 8.14. The van der Waals surface area contributed by atoms with E-state index in [1.807, 2.05) is 11.8 Å². The first kappa shape index (κ1) is 21.6. The normalized spacial score (nSPS) is 26.2. The molecule has 2 fully saturated rings. The lowest BCUT2D eigenvalue weighted by Gasteiger charge is -2.39. The molecule has 0 aromatic heterocycles. The average Bonchev–Trinajstić information content (AvgIpc) is 2.66. The standard InChI is InChI=1S/C20H30ClN3O3S/c1-15-12-16(2)14-23(13-15)20(25)17(3)22-8-10-24(11-9-22)28(26,27)19-6-4-18(21)5-7-19/h4-7,15-17H,8-14H2,1-3H3/p+1/t15-,16+,17-/m1/s1. The van der Waals surface area contributed by atoms with E-state index >= 15 is 0 Å². The molecule has 0 aliphatic carbocycles. The SMILES string of the molecule is C[C@@H]1C[C@H](C)CN(C(=O)[C@@H](C)[NH+]2CCN(S(=O)(=O)c3ccc(Cl)cc3)CC2)C1. The summed E-state index contributed by atoms with van der Waals surface area (Å²) in [6.45, 7) is 10.2. The molecule has 2 aliphatic heterocycles. The van der Waals surface area contributed by atoms with E-state index in [-0.39, 0.29) is 16.8 Å². The van der Waals surface area contributed by atoms with Crippen molar-refractivity contribution in [2.75, 3.05) is 39.3 Å². The summed E-state index contributed by atoms with van der Waals surface area (Å²) in [7, 11) is -3.52. The van der Waals surface area contributed by atoms with Crippen molar-refractivity contribution in [1.29, 1.82) is 0 Å². The second-order valence-corrected chi connectivity index (χ2v) is 10.8. The molecule has 2 saturated heterocycles. The lowest BCUT2D eigenvalue weighted by atomic mass is 9.91. The summed E-state index contributed by atoms with van der Waals surface area (Å²) in [5.74, 6) is 1.27. The van der Waals surface area contributed by atoms with Gasteiger partial charge in [0.25, 0.3) is 5.91 Å². The lowest BCUT2D eigenvalue weighted by Crippen LogP contribution is -3.19. The zero-order valence-electron chi connectivity index (χ0n) is 16.9. The van der Waals surface area contributed by atoms with E-state index < -0.39 is 10.0 Å². The highest BCUT2D eigenvalue weighted by Gasteiger charge is 2.37. The number of carbonyl (C=O) groups is 1. The van der Waals surface area contributed by atoms with Crippen molar-refractivity contribution in [1.82, 2.24) is 9.21 Å². The van der Waals surface area contributed by atoms with Gasteiger partial charge in [0.05, 0.1) is 31.1 Å². The molecule has 0 radical (unpaired) electrons. The Morgan fingerprint density at radius 3 is 2.18 bits per heavy atom. The van der Waals surface area contributed by atoms with Crippen molar-refractivity contribution < 1.29 is 18.1 Å². The number of nitrogens with zero attached hydrogens (tertiary/aromatic N) is 2. The van der Waals surface area contributed by atoms with Crippen LogP contribution in [0.2, 0.25) is 5.02 Å². The predicted octanol–water partition coefficient (Wildman–Crippen LogP) is 1.12. The number of nitrogens with one attached hydrogen (secondary N) is 1. The van der Waals surface area contributed by atoms with E-state index in [9.17, 15) is 13.2 Å². The molecule has 2 heterocycles. The molecule has 2 aliphatic rings. The summed E-state index contributed by atoms with van der Waals surface area (Å²) in [6.07, 6.45) is 1.17. The van der Waals surface area contributed by atoms with Gasteiger partial charge in [0, 0.05) is 18.1 Å². The Balaban J connectivity index is 1.60. The Hall–Kier alpha value is -1.15. The predicted molar refractivity (Wildman–Crippen MR) is 110 cm³/mol. The zero-order chi connectivity index (χ0) is 20.5. The zero-order valence-corrected chi connectivity index (χ0v) is 18.5. The van der Waals surface area contributed by atoms with Crippen molar-refractivity contribution in [3.8, 4) is 0 Å². The smallest absolute Gasteiger partial charge is 0.280 e. The van der Waals surface area contributed by atoms with Crippen LogP contribution in [0, 0.1) is 11.8 Å². The first-order valence-electron chi connectivity index (χ1n) is 10.1. The number of halogens is 1. The molecule has 0 bridgehead atoms. The van der Waals surface area contributed by atoms with Crippen LogP contribution < -0.4 is 4.90 Å². The molecule has 8 heteroatoms. The van der Waals surface area contributed by atoms with Crippen molar-refractivity contribution >= 4 is 27.5 Å². The highest BCUT2D eigenvalue weighted by molar-refractivity contribution is 7.89. The molecule has 1 aromatic rings. The maximum Gasteiger partial charge on any atom is 0.280 e. The van der Waals surface area contributed by atoms with E-state index in [2.05, 4.69) is 13.8 Å². The molecule has 0 saturated carbocycles. The van der Waals surface area contributed by atoms with Crippen LogP contribution in [0.15, 0.2) is 29.2 Å². The van der Waals surface area contributed by atoms with E-state index in [4.69, 9.17) is 11.6 Å². The summed E-state index contributed by atoms with van der Waals surface area (Å²) in [5, 5.41) is 0.516. The molecular formula is C20H31ClN3O3S+. The number of sulfonamides is 1. The summed E-state index contributed by atoms with van der Waals surface area (Å²) < 4.78 is 27.2. The topological polar surface area (TPSA) is 62.1 Å². The molecule has 3 atom stereocenters. The van der Waals surface area contributed by atoms with E-state index in [0.29, 0.717) is 43.0 Å². The van der Waals surface area contributed by atoms with Gasteiger partial charge in [0.15, 0.2) is 6.04 Å². The van der Waals surface area contributed by atoms with Gasteiger partial charge in [0.2, 0.25) is 10.0 Å². The number of carbonyl (C=O) groups excluding carboxylic acids is 1. The lowest BCUT2D eigenvalue weighted by molar-refractivity contribution is -0.918. The molecule has 1 amide bonds. The Morgan fingerprint density at radius 1 is 1.11 bits per heavy atom. The van der Waals surface area contributed by atoms with Gasteiger partial charge in [-0.15, -0.1) is 0 Å². The van der Waals surface area contributed by atoms with Gasteiger partial charge in [-0.05, 0) is 49.4 Å². The second kappa shape index (κ2) is 8.69. The van der Waals surface area contributed by atoms with Crippen LogP contribution >= 0.6 is 11.6 Å². The van der Waals surface area contributed by atoms with Gasteiger partial charge in [0.1, 0.15) is 0 Å². The summed E-state index contributed by atoms with van der Waals surface area (Å²) >= 11 is 5.87. The Morgan fingerprint density at radius 2 is 1.64 bits per heavy atom. The molecule has 0 spiro atoms. The second-order valence-electron chi connectivity index (χ2n) is 8.43. The number of amides is 1. The van der Waals surface area contributed by atoms with Crippen LogP contribution in [0.1, 0.15) is 27.2 Å². The largest absolute Gasteiger partial charge is 0.337 e. The van der Waals surface area contributed by atoms with E-state index in [1.165, 1.54) is 15.6 Å². The van der Waals surface area contributed by atoms with Gasteiger partial charge in [-0.1, -0.05) is 25.4 Å². The number of hydrogen-bond acceptors (Lipinski definition) is 3. The summed E-state index contributed by atoms with van der Waals surface area (Å²) in [5.41, 5.74) is 0. The Bertz CT molecular complexity index is 781. The van der Waals surface area contributed by atoms with Crippen LogP contribution in [0.25, 0.3) is 0 Å². The fraction of sp³-hybridized carbons (Fsp3) is 0.650. The number of piperidine rings is 1. The molecule has 1 aromatic carbocycles. The van der Waals surface area contributed by atoms with Gasteiger partial charge in [-0.3, -0.25) is 4.79 Å². The first-order valence-corrected chi connectivity index (χ1v) is 11.9. The molecule has 3 rings (SSSR count). The minimum atomic E-state index is -3.52. The minimum Gasteiger partial charge on any atom is -0.337 e. The van der Waals surface area contributed by atoms with Crippen molar-refractivity contribution in [3.05, 3.63) is 29.3 Å². The van der Waals surface area contributed by atoms with Gasteiger partial charge < -0.3 is 9.80 Å². The number of quaternary nitrogens is 1. The molecule has 6 nitrogen and oxygen atoms in total. The first-order chi connectivity index (χ1) is 13.2. The Labute approximate surface area is 173 Å². The maximum atomic E-state index is 13.0. The van der Waals surface area contributed by atoms with Crippen molar-refractivity contribution in [2.45, 2.75) is 38.1 Å². The summed E-state index contributed by atoms with van der Waals surface area (Å²) in [4.78, 5) is 16.4. The van der Waals surface area contributed by atoms with E-state index in [0.717, 1.165) is 13.1 Å². The van der Waals surface area contributed by atoms with Gasteiger partial charge in [-0.2, -0.15) is 4.31 Å². The number of benzene rings is 1. The fourth-order valence-electron chi connectivity index (χ4n) is 4.49. The number of piperazine rings is 1. The maximum absolute atomic E-state index is 13.0. The average molecular weight is 429 g/mol. The number of likely N-dealkylation sites (tertiary alicyclic amines) is 1. The quantitative estimate of drug-likeness (QED) is 0.781. The van der Waals surface area contributed by atoms with Gasteiger partial charge >= 0.3 is 0 Å². The Kier molecular flexibility index (Phi) is 6.69. The summed E-state index contributed by atoms with van der Waals surface area (Å²) in [6, 6.07) is 6.13. The van der Waals surface area contributed by atoms with Crippen LogP contribution in [0.5, 0.6) is 0 Å². The van der Waals surface area contributed by atoms with E-state index in [1.54, 1.807) is 24.3 Å². The monoisotopic (exact) mass is 428 g/mol. The molecule has 28 heavy (non-hydrogen) atoms.